The van der Waals surface area contributed by atoms with Crippen LogP contribution in [0, 0.1) is 0 Å². The summed E-state index contributed by atoms with van der Waals surface area (Å²) < 4.78 is 32.4. The maximum absolute atomic E-state index is 12.4. The van der Waals surface area contributed by atoms with E-state index in [2.05, 4.69) is 30.5 Å². The van der Waals surface area contributed by atoms with Crippen LogP contribution in [-0.2, 0) is 32.7 Å². The molecule has 0 amide bonds. The molecule has 0 aliphatic rings. The maximum Gasteiger partial charge on any atom is 0.472 e. The number of rotatable bonds is 31. The molecule has 0 saturated heterocycles. The number of aliphatic hydroxyl groups excluding tert-OH is 2. The van der Waals surface area contributed by atoms with E-state index in [9.17, 15) is 24.2 Å². The molecule has 0 aliphatic heterocycles. The molecule has 11 heteroatoms. The molecule has 10 nitrogen and oxygen atoms in total. The van der Waals surface area contributed by atoms with Crippen LogP contribution >= 0.6 is 7.82 Å². The van der Waals surface area contributed by atoms with E-state index in [4.69, 9.17) is 19.1 Å². The number of allylic oxidation sites excluding steroid dienone is 2. The van der Waals surface area contributed by atoms with E-state index in [1.54, 1.807) is 0 Å². The van der Waals surface area contributed by atoms with Gasteiger partial charge in [0.25, 0.3) is 0 Å². The molecule has 0 aliphatic carbocycles. The van der Waals surface area contributed by atoms with Crippen LogP contribution in [0.15, 0.2) is 12.2 Å². The summed E-state index contributed by atoms with van der Waals surface area (Å²) in [5.41, 5.74) is 0. The van der Waals surface area contributed by atoms with Crippen molar-refractivity contribution in [1.29, 1.82) is 0 Å². The minimum Gasteiger partial charge on any atom is -0.462 e. The van der Waals surface area contributed by atoms with E-state index in [1.165, 1.54) is 44.9 Å². The van der Waals surface area contributed by atoms with Gasteiger partial charge in [0, 0.05) is 12.8 Å². The number of unbranched alkanes of at least 4 members (excludes halogenated alkanes) is 15. The first kappa shape index (κ1) is 41.7. The molecule has 0 fully saturated rings. The fourth-order valence-electron chi connectivity index (χ4n) is 4.35. The molecule has 0 spiro atoms. The fraction of sp³-hybridized carbons (Fsp3) is 0.875. The van der Waals surface area contributed by atoms with Gasteiger partial charge in [-0.25, -0.2) is 4.57 Å². The predicted molar refractivity (Wildman–Crippen MR) is 168 cm³/mol. The van der Waals surface area contributed by atoms with Gasteiger partial charge in [0.2, 0.25) is 0 Å². The van der Waals surface area contributed by atoms with Gasteiger partial charge in [-0.1, -0.05) is 109 Å². The number of carbonyl (C=O) groups is 2. The van der Waals surface area contributed by atoms with E-state index in [1.807, 2.05) is 0 Å². The molecule has 0 bridgehead atoms. The van der Waals surface area contributed by atoms with Gasteiger partial charge in [-0.05, 0) is 32.1 Å². The lowest BCUT2D eigenvalue weighted by Gasteiger charge is -2.20. The molecular formula is C32H61O10P. The van der Waals surface area contributed by atoms with Crippen LogP contribution in [0.2, 0.25) is 0 Å². The van der Waals surface area contributed by atoms with Gasteiger partial charge in [0.15, 0.2) is 6.10 Å². The molecule has 0 saturated carbocycles. The molecular weight excluding hydrogens is 575 g/mol. The third kappa shape index (κ3) is 29.2. The Kier molecular flexibility index (Phi) is 28.5. The Balaban J connectivity index is 4.43. The van der Waals surface area contributed by atoms with Crippen molar-refractivity contribution in [3.63, 3.8) is 0 Å². The highest BCUT2D eigenvalue weighted by Gasteiger charge is 2.27. The van der Waals surface area contributed by atoms with Crippen LogP contribution in [0.25, 0.3) is 0 Å². The van der Waals surface area contributed by atoms with Crippen molar-refractivity contribution in [3.05, 3.63) is 12.2 Å². The Labute approximate surface area is 260 Å². The second-order valence-electron chi connectivity index (χ2n) is 11.2. The van der Waals surface area contributed by atoms with Gasteiger partial charge in [0.05, 0.1) is 19.8 Å². The topological polar surface area (TPSA) is 149 Å². The molecule has 254 valence electrons. The SMILES string of the molecule is CC/C=C/CCCCCCCC(=O)O[C@H](COC(=O)CCCCCCCCCCCCC)COP(=O)(O)OC[C@@H](O)CO. The van der Waals surface area contributed by atoms with Crippen LogP contribution in [0.5, 0.6) is 0 Å². The number of aliphatic hydroxyl groups is 2. The number of ether oxygens (including phenoxy) is 2. The van der Waals surface area contributed by atoms with E-state index in [0.29, 0.717) is 12.8 Å². The minimum absolute atomic E-state index is 0.175. The summed E-state index contributed by atoms with van der Waals surface area (Å²) in [5.74, 6) is -0.939. The zero-order valence-corrected chi connectivity index (χ0v) is 27.8. The summed E-state index contributed by atoms with van der Waals surface area (Å²) in [5, 5.41) is 18.2. The zero-order valence-electron chi connectivity index (χ0n) is 26.9. The highest BCUT2D eigenvalue weighted by atomic mass is 31.2. The van der Waals surface area contributed by atoms with Crippen molar-refractivity contribution in [2.45, 2.75) is 154 Å². The number of phosphoric ester groups is 1. The number of hydrogen-bond donors (Lipinski definition) is 3. The second-order valence-corrected chi connectivity index (χ2v) is 12.6. The molecule has 0 aromatic carbocycles. The maximum atomic E-state index is 12.4. The summed E-state index contributed by atoms with van der Waals surface area (Å²) in [6, 6.07) is 0. The molecule has 0 radical (unpaired) electrons. The van der Waals surface area contributed by atoms with E-state index >= 15 is 0 Å². The van der Waals surface area contributed by atoms with Gasteiger partial charge < -0.3 is 24.6 Å². The largest absolute Gasteiger partial charge is 0.472 e. The van der Waals surface area contributed by atoms with E-state index in [-0.39, 0.29) is 19.4 Å². The third-order valence-electron chi connectivity index (χ3n) is 6.93. The molecule has 3 N–H and O–H groups in total. The van der Waals surface area contributed by atoms with Gasteiger partial charge in [-0.2, -0.15) is 0 Å². The lowest BCUT2D eigenvalue weighted by atomic mass is 10.1. The van der Waals surface area contributed by atoms with Crippen molar-refractivity contribution in [2.24, 2.45) is 0 Å². The van der Waals surface area contributed by atoms with Crippen molar-refractivity contribution >= 4 is 19.8 Å². The molecule has 0 heterocycles. The quantitative estimate of drug-likeness (QED) is 0.0306. The highest BCUT2D eigenvalue weighted by Crippen LogP contribution is 2.43. The Morgan fingerprint density at radius 2 is 1.21 bits per heavy atom. The first-order chi connectivity index (χ1) is 20.7. The smallest absolute Gasteiger partial charge is 0.462 e. The molecule has 1 unspecified atom stereocenters. The van der Waals surface area contributed by atoms with E-state index < -0.39 is 51.8 Å². The molecule has 0 rings (SSSR count). The summed E-state index contributed by atoms with van der Waals surface area (Å²) in [4.78, 5) is 34.5. The Morgan fingerprint density at radius 1 is 0.698 bits per heavy atom. The number of hydrogen-bond acceptors (Lipinski definition) is 9. The van der Waals surface area contributed by atoms with Gasteiger partial charge in [-0.3, -0.25) is 18.6 Å². The second kappa shape index (κ2) is 29.4. The van der Waals surface area contributed by atoms with Crippen LogP contribution in [0.1, 0.15) is 142 Å². The van der Waals surface area contributed by atoms with Gasteiger partial charge in [-0.15, -0.1) is 0 Å². The fourth-order valence-corrected chi connectivity index (χ4v) is 5.14. The minimum atomic E-state index is -4.60. The normalized spacial score (nSPS) is 14.4. The van der Waals surface area contributed by atoms with Crippen LogP contribution < -0.4 is 0 Å². The van der Waals surface area contributed by atoms with Crippen LogP contribution in [0.3, 0.4) is 0 Å². The monoisotopic (exact) mass is 636 g/mol. The zero-order chi connectivity index (χ0) is 32.0. The van der Waals surface area contributed by atoms with Gasteiger partial charge in [0.1, 0.15) is 12.7 Å². The third-order valence-corrected chi connectivity index (χ3v) is 7.88. The number of carbonyl (C=O) groups excluding carboxylic acids is 2. The van der Waals surface area contributed by atoms with Crippen molar-refractivity contribution in [2.75, 3.05) is 26.4 Å². The summed E-state index contributed by atoms with van der Waals surface area (Å²) >= 11 is 0. The highest BCUT2D eigenvalue weighted by molar-refractivity contribution is 7.47. The number of phosphoric acid groups is 1. The summed E-state index contributed by atoms with van der Waals surface area (Å²) in [6.07, 6.45) is 22.1. The van der Waals surface area contributed by atoms with Crippen molar-refractivity contribution in [1.82, 2.24) is 0 Å². The average Bonchev–Trinajstić information content (AvgIpc) is 2.99. The number of esters is 2. The molecule has 0 aromatic rings. The average molecular weight is 637 g/mol. The lowest BCUT2D eigenvalue weighted by molar-refractivity contribution is -0.161. The van der Waals surface area contributed by atoms with E-state index in [0.717, 1.165) is 57.8 Å². The Hall–Kier alpha value is -1.29. The molecule has 3 atom stereocenters. The standard InChI is InChI=1S/C32H61O10P/c1-3-5-7-9-11-13-14-16-17-19-21-23-31(35)39-27-30(28-41-43(37,38)40-26-29(34)25-33)42-32(36)24-22-20-18-15-12-10-8-6-4-2/h6,8,29-30,33-34H,3-5,7,9-28H2,1-2H3,(H,37,38)/b8-6+/t29-,30+/m0/s1. The Morgan fingerprint density at radius 3 is 1.77 bits per heavy atom. The summed E-state index contributed by atoms with van der Waals surface area (Å²) in [6.45, 7) is 2.22. The summed E-state index contributed by atoms with van der Waals surface area (Å²) in [7, 11) is -4.60. The first-order valence-electron chi connectivity index (χ1n) is 16.6. The molecule has 0 aromatic heterocycles. The van der Waals surface area contributed by atoms with Crippen molar-refractivity contribution in [3.8, 4) is 0 Å². The van der Waals surface area contributed by atoms with Crippen LogP contribution in [0.4, 0.5) is 0 Å². The molecule has 43 heavy (non-hydrogen) atoms. The van der Waals surface area contributed by atoms with Crippen LogP contribution in [-0.4, -0.2) is 65.7 Å². The lowest BCUT2D eigenvalue weighted by Crippen LogP contribution is -2.29. The Bertz CT molecular complexity index is 746. The first-order valence-corrected chi connectivity index (χ1v) is 18.1. The van der Waals surface area contributed by atoms with Crippen molar-refractivity contribution < 1.29 is 47.8 Å². The predicted octanol–water partition coefficient (Wildman–Crippen LogP) is 7.33. The van der Waals surface area contributed by atoms with Gasteiger partial charge >= 0.3 is 19.8 Å².